The third kappa shape index (κ3) is 7.52. The Morgan fingerprint density at radius 2 is 2.10 bits per heavy atom. The molecule has 0 aliphatic carbocycles. The first-order valence-electron chi connectivity index (χ1n) is 13.5. The number of phosphoric ester groups is 1. The summed E-state index contributed by atoms with van der Waals surface area (Å²) in [6.07, 6.45) is 1.72. The summed E-state index contributed by atoms with van der Waals surface area (Å²) >= 11 is 7.95. The van der Waals surface area contributed by atoms with Crippen molar-refractivity contribution in [2.75, 3.05) is 25.5 Å². The number of aliphatic hydroxyl groups is 1. The van der Waals surface area contributed by atoms with Crippen molar-refractivity contribution >= 4 is 54.3 Å². The van der Waals surface area contributed by atoms with Crippen LogP contribution in [0.5, 0.6) is 0 Å². The van der Waals surface area contributed by atoms with E-state index >= 15 is 0 Å². The van der Waals surface area contributed by atoms with Gasteiger partial charge in [-0.15, -0.1) is 0 Å². The summed E-state index contributed by atoms with van der Waals surface area (Å²) in [6, 6.07) is 0.246. The summed E-state index contributed by atoms with van der Waals surface area (Å²) in [7, 11) is -4.80. The number of nitrogens with zero attached hydrogens (tertiary/aromatic N) is 4. The van der Waals surface area contributed by atoms with E-state index in [0.29, 0.717) is 35.8 Å². The van der Waals surface area contributed by atoms with Crippen LogP contribution < -0.4 is 16.0 Å². The molecule has 19 heteroatoms. The average Bonchev–Trinajstić information content (AvgIpc) is 3.69. The second kappa shape index (κ2) is 13.7. The smallest absolute Gasteiger partial charge is 0.387 e. The van der Waals surface area contributed by atoms with Gasteiger partial charge in [0.15, 0.2) is 17.0 Å². The van der Waals surface area contributed by atoms with Crippen LogP contribution in [0.3, 0.4) is 0 Å². The molecule has 0 radical (unpaired) electrons. The van der Waals surface area contributed by atoms with Gasteiger partial charge in [-0.2, -0.15) is 11.8 Å². The molecule has 3 aliphatic heterocycles. The molecule has 3 fully saturated rings. The van der Waals surface area contributed by atoms with E-state index in [1.54, 1.807) is 0 Å². The fourth-order valence-electron chi connectivity index (χ4n) is 5.32. The third-order valence-electron chi connectivity index (χ3n) is 7.34. The van der Waals surface area contributed by atoms with Crippen molar-refractivity contribution in [3.05, 3.63) is 17.8 Å². The lowest BCUT2D eigenvalue weighted by Gasteiger charge is -2.22. The SMILES string of the molecule is O=C(CCCC[C@@H]1SC[C@@H]2NC(=O)N[C@@H]21)NCCCO[C@@H]1[C@H](O)[C@@H](COP(=O)(O)O)O[C@H]1n1cnc2c(Cl)ncnc21. The van der Waals surface area contributed by atoms with Crippen LogP contribution in [-0.2, 0) is 23.4 Å². The first kappa shape index (κ1) is 31.3. The Labute approximate surface area is 249 Å². The first-order valence-corrected chi connectivity index (χ1v) is 16.5. The number of carbonyl (C=O) groups excluding carboxylic acids is 2. The minimum atomic E-state index is -4.80. The molecule has 2 aromatic rings. The van der Waals surface area contributed by atoms with Crippen molar-refractivity contribution in [1.29, 1.82) is 0 Å². The molecule has 0 bridgehead atoms. The number of imidazole rings is 1. The molecule has 3 amide bonds. The van der Waals surface area contributed by atoms with Crippen LogP contribution in [0.25, 0.3) is 11.2 Å². The molecular formula is C23H33ClN7O9PS. The highest BCUT2D eigenvalue weighted by Crippen LogP contribution is 2.40. The van der Waals surface area contributed by atoms with Crippen molar-refractivity contribution in [1.82, 2.24) is 35.5 Å². The number of aromatic nitrogens is 4. The summed E-state index contributed by atoms with van der Waals surface area (Å²) in [5.74, 6) is 0.839. The number of nitrogens with one attached hydrogen (secondary N) is 3. The lowest BCUT2D eigenvalue weighted by atomic mass is 10.0. The average molecular weight is 650 g/mol. The number of urea groups is 1. The van der Waals surface area contributed by atoms with E-state index in [4.69, 9.17) is 30.9 Å². The summed E-state index contributed by atoms with van der Waals surface area (Å²) in [5, 5.41) is 20.1. The molecule has 0 spiro atoms. The van der Waals surface area contributed by atoms with Gasteiger partial charge in [0.1, 0.15) is 30.2 Å². The predicted molar refractivity (Wildman–Crippen MR) is 150 cm³/mol. The highest BCUT2D eigenvalue weighted by Gasteiger charge is 2.47. The minimum absolute atomic E-state index is 0.0685. The lowest BCUT2D eigenvalue weighted by Crippen LogP contribution is -2.36. The number of hydrogen-bond acceptors (Lipinski definition) is 11. The molecule has 0 aromatic carbocycles. The Bertz CT molecular complexity index is 1320. The molecule has 3 aliphatic rings. The van der Waals surface area contributed by atoms with Crippen LogP contribution in [-0.4, -0.2) is 108 Å². The second-order valence-electron chi connectivity index (χ2n) is 10.2. The molecule has 232 valence electrons. The number of halogens is 1. The van der Waals surface area contributed by atoms with E-state index in [0.717, 1.165) is 25.0 Å². The zero-order valence-electron chi connectivity index (χ0n) is 22.4. The highest BCUT2D eigenvalue weighted by molar-refractivity contribution is 8.00. The summed E-state index contributed by atoms with van der Waals surface area (Å²) in [4.78, 5) is 54.2. The Morgan fingerprint density at radius 3 is 2.90 bits per heavy atom. The number of amides is 3. The quantitative estimate of drug-likeness (QED) is 0.0710. The zero-order chi connectivity index (χ0) is 29.9. The van der Waals surface area contributed by atoms with Gasteiger partial charge in [0.25, 0.3) is 0 Å². The molecule has 7 atom stereocenters. The van der Waals surface area contributed by atoms with Crippen molar-refractivity contribution < 1.29 is 43.0 Å². The number of rotatable bonds is 14. The molecule has 6 N–H and O–H groups in total. The van der Waals surface area contributed by atoms with Crippen molar-refractivity contribution in [2.45, 2.75) is 74.0 Å². The van der Waals surface area contributed by atoms with Gasteiger partial charge in [-0.05, 0) is 19.3 Å². The largest absolute Gasteiger partial charge is 0.469 e. The maximum Gasteiger partial charge on any atom is 0.469 e. The molecule has 5 rings (SSSR count). The number of unbranched alkanes of at least 4 members (excludes halogenated alkanes) is 1. The van der Waals surface area contributed by atoms with Crippen LogP contribution in [0, 0.1) is 0 Å². The van der Waals surface area contributed by atoms with Crippen LogP contribution in [0.2, 0.25) is 5.15 Å². The van der Waals surface area contributed by atoms with Gasteiger partial charge in [0.2, 0.25) is 5.91 Å². The molecule has 3 saturated heterocycles. The number of thioether (sulfide) groups is 1. The molecule has 2 aromatic heterocycles. The maximum absolute atomic E-state index is 12.3. The van der Waals surface area contributed by atoms with E-state index in [-0.39, 0.29) is 35.8 Å². The Hall–Kier alpha value is -2.08. The van der Waals surface area contributed by atoms with Gasteiger partial charge >= 0.3 is 13.9 Å². The molecule has 5 heterocycles. The van der Waals surface area contributed by atoms with Crippen LogP contribution in [0.1, 0.15) is 38.3 Å². The first-order chi connectivity index (χ1) is 20.1. The standard InChI is InChI=1S/C23H33ClN7O9PS/c24-20-17-21(27-10-26-20)31(11-28-17)22-19(18(33)13(40-22)8-39-41(35,36)37)38-7-3-6-25-15(32)5-2-1-4-14-16-12(9-42-14)29-23(34)30-16/h10-14,16,18-19,22,33H,1-9H2,(H,25,32)(H2,29,30,34)(H2,35,36,37)/t12-,13+,14-,16-,18+,19+,22+/m0/s1. The topological polar surface area (TPSA) is 219 Å². The van der Waals surface area contributed by atoms with E-state index in [9.17, 15) is 19.3 Å². The number of fused-ring (bicyclic) bond motifs is 2. The van der Waals surface area contributed by atoms with E-state index < -0.39 is 39.0 Å². The van der Waals surface area contributed by atoms with Crippen molar-refractivity contribution in [3.63, 3.8) is 0 Å². The van der Waals surface area contributed by atoms with Gasteiger partial charge in [-0.25, -0.2) is 24.3 Å². The molecule has 0 saturated carbocycles. The van der Waals surface area contributed by atoms with Gasteiger partial charge < -0.3 is 40.3 Å². The van der Waals surface area contributed by atoms with Gasteiger partial charge in [-0.1, -0.05) is 18.0 Å². The number of aliphatic hydroxyl groups excluding tert-OH is 1. The fourth-order valence-corrected chi connectivity index (χ4v) is 7.38. The Balaban J connectivity index is 1.06. The zero-order valence-corrected chi connectivity index (χ0v) is 24.8. The monoisotopic (exact) mass is 649 g/mol. The van der Waals surface area contributed by atoms with Crippen molar-refractivity contribution in [3.8, 4) is 0 Å². The second-order valence-corrected chi connectivity index (χ2v) is 13.1. The summed E-state index contributed by atoms with van der Waals surface area (Å²) < 4.78 is 29.1. The summed E-state index contributed by atoms with van der Waals surface area (Å²) in [5.41, 5.74) is 0.628. The minimum Gasteiger partial charge on any atom is -0.387 e. The van der Waals surface area contributed by atoms with Gasteiger partial charge in [0.05, 0.1) is 25.0 Å². The number of carbonyl (C=O) groups is 2. The van der Waals surface area contributed by atoms with Gasteiger partial charge in [0, 0.05) is 30.6 Å². The van der Waals surface area contributed by atoms with E-state index in [1.807, 2.05) is 11.8 Å². The molecule has 0 unspecified atom stereocenters. The highest BCUT2D eigenvalue weighted by atomic mass is 35.5. The van der Waals surface area contributed by atoms with Crippen molar-refractivity contribution in [2.24, 2.45) is 0 Å². The van der Waals surface area contributed by atoms with Gasteiger partial charge in [-0.3, -0.25) is 13.9 Å². The number of ether oxygens (including phenoxy) is 2. The summed E-state index contributed by atoms with van der Waals surface area (Å²) in [6.45, 7) is -0.0708. The van der Waals surface area contributed by atoms with Crippen LogP contribution in [0.15, 0.2) is 12.7 Å². The van der Waals surface area contributed by atoms with E-state index in [2.05, 4.69) is 35.4 Å². The normalized spacial score (nSPS) is 29.0. The third-order valence-corrected chi connectivity index (χ3v) is 9.61. The van der Waals surface area contributed by atoms with Crippen LogP contribution >= 0.6 is 31.2 Å². The number of hydrogen-bond donors (Lipinski definition) is 6. The number of phosphoric acid groups is 1. The maximum atomic E-state index is 12.3. The van der Waals surface area contributed by atoms with Crippen LogP contribution in [0.4, 0.5) is 4.79 Å². The lowest BCUT2D eigenvalue weighted by molar-refractivity contribution is -0.121. The van der Waals surface area contributed by atoms with E-state index in [1.165, 1.54) is 17.2 Å². The Morgan fingerprint density at radius 1 is 1.26 bits per heavy atom. The Kier molecular flexibility index (Phi) is 10.2. The fraction of sp³-hybridized carbons (Fsp3) is 0.696. The predicted octanol–water partition coefficient (Wildman–Crippen LogP) is 0.465. The molecular weight excluding hydrogens is 617 g/mol. The molecule has 42 heavy (non-hydrogen) atoms. The molecule has 16 nitrogen and oxygen atoms in total.